The molecule has 0 fully saturated rings. The van der Waals surface area contributed by atoms with Crippen molar-refractivity contribution in [3.8, 4) is 22.1 Å². The van der Waals surface area contributed by atoms with Crippen molar-refractivity contribution in [2.45, 2.75) is 26.3 Å². The lowest BCUT2D eigenvalue weighted by Gasteiger charge is -2.26. The summed E-state index contributed by atoms with van der Waals surface area (Å²) in [5, 5.41) is 3.89. The fourth-order valence-corrected chi connectivity index (χ4v) is 3.93. The van der Waals surface area contributed by atoms with E-state index in [1.54, 1.807) is 14.2 Å². The first kappa shape index (κ1) is 19.9. The number of ether oxygens (including phenoxy) is 2. The molecule has 3 rings (SSSR count). The highest BCUT2D eigenvalue weighted by Gasteiger charge is 2.26. The Kier molecular flexibility index (Phi) is 5.70. The van der Waals surface area contributed by atoms with E-state index < -0.39 is 5.54 Å². The van der Waals surface area contributed by atoms with Gasteiger partial charge in [0.15, 0.2) is 11.5 Å². The van der Waals surface area contributed by atoms with Crippen molar-refractivity contribution in [3.63, 3.8) is 0 Å². The topological polar surface area (TPSA) is 60.5 Å². The summed E-state index contributed by atoms with van der Waals surface area (Å²) in [5.74, 6) is 1.15. The van der Waals surface area contributed by atoms with Crippen LogP contribution in [0.15, 0.2) is 48.5 Å². The fraction of sp³-hybridized carbons (Fsp3) is 0.273. The molecule has 0 spiro atoms. The molecule has 1 N–H and O–H groups in total. The average Bonchev–Trinajstić information content (AvgIpc) is 3.09. The second-order valence-corrected chi connectivity index (χ2v) is 7.95. The predicted octanol–water partition coefficient (Wildman–Crippen LogP) is 4.80. The highest BCUT2D eigenvalue weighted by atomic mass is 32.1. The molecule has 3 aromatic rings. The van der Waals surface area contributed by atoms with E-state index in [1.165, 1.54) is 11.3 Å². The van der Waals surface area contributed by atoms with Crippen LogP contribution >= 0.6 is 11.3 Å². The Balaban J connectivity index is 1.87. The molecule has 28 heavy (non-hydrogen) atoms. The van der Waals surface area contributed by atoms with Gasteiger partial charge in [0, 0.05) is 5.56 Å². The van der Waals surface area contributed by atoms with E-state index in [4.69, 9.17) is 9.47 Å². The maximum atomic E-state index is 12.9. The van der Waals surface area contributed by atoms with Crippen LogP contribution in [0.4, 0.5) is 0 Å². The van der Waals surface area contributed by atoms with Crippen molar-refractivity contribution in [1.82, 2.24) is 10.3 Å². The lowest BCUT2D eigenvalue weighted by Crippen LogP contribution is -2.40. The summed E-state index contributed by atoms with van der Waals surface area (Å²) in [4.78, 5) is 18.1. The van der Waals surface area contributed by atoms with Gasteiger partial charge in [0.25, 0.3) is 5.91 Å². The smallest absolute Gasteiger partial charge is 0.263 e. The van der Waals surface area contributed by atoms with Gasteiger partial charge < -0.3 is 14.8 Å². The molecule has 0 aliphatic heterocycles. The van der Waals surface area contributed by atoms with Crippen molar-refractivity contribution in [1.29, 1.82) is 0 Å². The van der Waals surface area contributed by atoms with Gasteiger partial charge in [-0.1, -0.05) is 30.3 Å². The molecule has 0 radical (unpaired) electrons. The zero-order valence-electron chi connectivity index (χ0n) is 16.7. The molecule has 0 atom stereocenters. The van der Waals surface area contributed by atoms with E-state index in [0.717, 1.165) is 16.1 Å². The van der Waals surface area contributed by atoms with Crippen LogP contribution in [0.1, 0.15) is 34.8 Å². The summed E-state index contributed by atoms with van der Waals surface area (Å²) >= 11 is 1.37. The molecule has 1 aromatic heterocycles. The third-order valence-electron chi connectivity index (χ3n) is 4.55. The molecule has 2 aromatic carbocycles. The largest absolute Gasteiger partial charge is 0.493 e. The standard InChI is InChI=1S/C22H24N2O3S/c1-14-19(20(25)24-22(2,3)16-9-7-6-8-10-16)28-21(23-14)15-11-12-17(26-4)18(13-15)27-5/h6-13H,1-5H3,(H,24,25). The van der Waals surface area contributed by atoms with Crippen LogP contribution in [0.5, 0.6) is 11.5 Å². The number of methoxy groups -OCH3 is 2. The number of rotatable bonds is 6. The predicted molar refractivity (Wildman–Crippen MR) is 112 cm³/mol. The number of nitrogens with one attached hydrogen (secondary N) is 1. The highest BCUT2D eigenvalue weighted by Crippen LogP contribution is 2.35. The van der Waals surface area contributed by atoms with E-state index in [0.29, 0.717) is 22.1 Å². The van der Waals surface area contributed by atoms with Gasteiger partial charge in [-0.3, -0.25) is 4.79 Å². The van der Waals surface area contributed by atoms with Gasteiger partial charge in [0.1, 0.15) is 9.88 Å². The second kappa shape index (κ2) is 8.02. The summed E-state index contributed by atoms with van der Waals surface area (Å²) in [6.45, 7) is 5.84. The number of thiazole rings is 1. The molecule has 0 aliphatic carbocycles. The average molecular weight is 397 g/mol. The van der Waals surface area contributed by atoms with Crippen LogP contribution in [0.25, 0.3) is 10.6 Å². The minimum absolute atomic E-state index is 0.129. The minimum atomic E-state index is -0.488. The molecule has 0 bridgehead atoms. The van der Waals surface area contributed by atoms with Crippen molar-refractivity contribution in [3.05, 3.63) is 64.7 Å². The zero-order valence-corrected chi connectivity index (χ0v) is 17.5. The molecule has 0 saturated heterocycles. The minimum Gasteiger partial charge on any atom is -0.493 e. The van der Waals surface area contributed by atoms with Crippen molar-refractivity contribution in [2.24, 2.45) is 0 Å². The number of benzene rings is 2. The molecule has 1 heterocycles. The Labute approximate surface area is 169 Å². The second-order valence-electron chi connectivity index (χ2n) is 6.95. The van der Waals surface area contributed by atoms with Gasteiger partial charge >= 0.3 is 0 Å². The van der Waals surface area contributed by atoms with Crippen LogP contribution in [-0.4, -0.2) is 25.1 Å². The molecule has 1 amide bonds. The molecule has 0 unspecified atom stereocenters. The first-order valence-electron chi connectivity index (χ1n) is 8.93. The number of carbonyl (C=O) groups is 1. The molecular formula is C22H24N2O3S. The molecular weight excluding hydrogens is 372 g/mol. The van der Waals surface area contributed by atoms with Gasteiger partial charge in [-0.05, 0) is 44.5 Å². The monoisotopic (exact) mass is 396 g/mol. The Morgan fingerprint density at radius 2 is 1.71 bits per heavy atom. The molecule has 6 heteroatoms. The van der Waals surface area contributed by atoms with Gasteiger partial charge in [-0.15, -0.1) is 11.3 Å². The Bertz CT molecular complexity index is 981. The van der Waals surface area contributed by atoms with Gasteiger partial charge in [0.05, 0.1) is 25.5 Å². The van der Waals surface area contributed by atoms with E-state index in [1.807, 2.05) is 69.3 Å². The van der Waals surface area contributed by atoms with Crippen molar-refractivity contribution in [2.75, 3.05) is 14.2 Å². The van der Waals surface area contributed by atoms with Crippen LogP contribution < -0.4 is 14.8 Å². The van der Waals surface area contributed by atoms with Crippen LogP contribution in [-0.2, 0) is 5.54 Å². The third-order valence-corrected chi connectivity index (χ3v) is 5.76. The van der Waals surface area contributed by atoms with E-state index in [9.17, 15) is 4.79 Å². The SMILES string of the molecule is COc1ccc(-c2nc(C)c(C(=O)NC(C)(C)c3ccccc3)s2)cc1OC. The number of hydrogen-bond acceptors (Lipinski definition) is 5. The number of amides is 1. The van der Waals surface area contributed by atoms with Gasteiger partial charge in [0.2, 0.25) is 0 Å². The summed E-state index contributed by atoms with van der Waals surface area (Å²) in [6, 6.07) is 15.5. The Morgan fingerprint density at radius 3 is 2.36 bits per heavy atom. The Morgan fingerprint density at radius 1 is 1.04 bits per heavy atom. The van der Waals surface area contributed by atoms with Crippen LogP contribution in [0.3, 0.4) is 0 Å². The van der Waals surface area contributed by atoms with Crippen molar-refractivity contribution >= 4 is 17.2 Å². The molecule has 5 nitrogen and oxygen atoms in total. The maximum Gasteiger partial charge on any atom is 0.263 e. The van der Waals surface area contributed by atoms with E-state index >= 15 is 0 Å². The normalized spacial score (nSPS) is 11.2. The van der Waals surface area contributed by atoms with Crippen LogP contribution in [0.2, 0.25) is 0 Å². The number of carbonyl (C=O) groups excluding carboxylic acids is 1. The Hall–Kier alpha value is -2.86. The van der Waals surface area contributed by atoms with Gasteiger partial charge in [-0.2, -0.15) is 0 Å². The molecule has 0 saturated carbocycles. The van der Waals surface area contributed by atoms with Crippen LogP contribution in [0, 0.1) is 6.92 Å². The fourth-order valence-electron chi connectivity index (χ4n) is 2.97. The summed E-state index contributed by atoms with van der Waals surface area (Å²) in [7, 11) is 3.20. The van der Waals surface area contributed by atoms with Crippen molar-refractivity contribution < 1.29 is 14.3 Å². The highest BCUT2D eigenvalue weighted by molar-refractivity contribution is 7.17. The number of hydrogen-bond donors (Lipinski definition) is 1. The number of nitrogens with zero attached hydrogens (tertiary/aromatic N) is 1. The zero-order chi connectivity index (χ0) is 20.3. The quantitative estimate of drug-likeness (QED) is 0.650. The number of aromatic nitrogens is 1. The van der Waals surface area contributed by atoms with E-state index in [2.05, 4.69) is 10.3 Å². The molecule has 0 aliphatic rings. The maximum absolute atomic E-state index is 12.9. The summed E-state index contributed by atoms with van der Waals surface area (Å²) < 4.78 is 10.7. The first-order valence-corrected chi connectivity index (χ1v) is 9.75. The lowest BCUT2D eigenvalue weighted by atomic mass is 9.94. The number of aryl methyl sites for hydroxylation is 1. The first-order chi connectivity index (χ1) is 13.4. The lowest BCUT2D eigenvalue weighted by molar-refractivity contribution is 0.0915. The third kappa shape index (κ3) is 4.02. The summed E-state index contributed by atoms with van der Waals surface area (Å²) in [6.07, 6.45) is 0. The molecule has 146 valence electrons. The summed E-state index contributed by atoms with van der Waals surface area (Å²) in [5.41, 5.74) is 2.15. The van der Waals surface area contributed by atoms with Gasteiger partial charge in [-0.25, -0.2) is 4.98 Å². The van der Waals surface area contributed by atoms with E-state index in [-0.39, 0.29) is 5.91 Å².